The number of hydrazine groups is 1. The first-order valence-corrected chi connectivity index (χ1v) is 5.69. The van der Waals surface area contributed by atoms with E-state index in [9.17, 15) is 0 Å². The van der Waals surface area contributed by atoms with Crippen LogP contribution in [0.3, 0.4) is 0 Å². The van der Waals surface area contributed by atoms with Gasteiger partial charge in [-0.25, -0.2) is 15.8 Å². The molecule has 0 bridgehead atoms. The van der Waals surface area contributed by atoms with Crippen LogP contribution in [0.1, 0.15) is 5.01 Å². The second kappa shape index (κ2) is 4.51. The Morgan fingerprint density at radius 2 is 2.33 bits per heavy atom. The van der Waals surface area contributed by atoms with Crippen LogP contribution in [0.25, 0.3) is 0 Å². The first-order valence-electron chi connectivity index (χ1n) is 4.05. The van der Waals surface area contributed by atoms with E-state index >= 15 is 0 Å². The highest BCUT2D eigenvalue weighted by atomic mass is 32.2. The summed E-state index contributed by atoms with van der Waals surface area (Å²) in [6.07, 6.45) is 1.64. The molecule has 2 heterocycles. The zero-order valence-corrected chi connectivity index (χ0v) is 9.47. The van der Waals surface area contributed by atoms with E-state index in [0.29, 0.717) is 5.95 Å². The molecule has 0 atom stereocenters. The topological polar surface area (TPSA) is 89.6 Å². The fraction of sp³-hybridized carbons (Fsp3) is 0.143. The van der Waals surface area contributed by atoms with Gasteiger partial charge in [0.2, 0.25) is 5.95 Å². The molecule has 0 fully saturated rings. The van der Waals surface area contributed by atoms with Gasteiger partial charge in [0.05, 0.1) is 0 Å². The molecule has 6 nitrogen and oxygen atoms in total. The number of aryl methyl sites for hydroxylation is 1. The van der Waals surface area contributed by atoms with Crippen LogP contribution in [0.5, 0.6) is 0 Å². The van der Waals surface area contributed by atoms with E-state index in [1.54, 1.807) is 12.3 Å². The molecule has 0 radical (unpaired) electrons. The number of nitrogens with zero attached hydrogens (tertiary/aromatic N) is 4. The van der Waals surface area contributed by atoms with E-state index in [2.05, 4.69) is 25.6 Å². The highest BCUT2D eigenvalue weighted by molar-refractivity contribution is 8.01. The normalized spacial score (nSPS) is 10.3. The largest absolute Gasteiger partial charge is 0.292 e. The second-order valence-corrected chi connectivity index (χ2v) is 5.00. The molecule has 0 spiro atoms. The van der Waals surface area contributed by atoms with E-state index in [1.807, 2.05) is 6.92 Å². The van der Waals surface area contributed by atoms with Gasteiger partial charge in [-0.05, 0) is 24.8 Å². The van der Waals surface area contributed by atoms with Crippen molar-refractivity contribution in [3.8, 4) is 0 Å². The third-order valence-electron chi connectivity index (χ3n) is 1.46. The van der Waals surface area contributed by atoms with Crippen LogP contribution in [-0.4, -0.2) is 20.2 Å². The zero-order chi connectivity index (χ0) is 10.7. The van der Waals surface area contributed by atoms with Gasteiger partial charge in [0, 0.05) is 6.20 Å². The van der Waals surface area contributed by atoms with Gasteiger partial charge >= 0.3 is 0 Å². The number of hydrogen-bond donors (Lipinski definition) is 2. The molecule has 0 amide bonds. The lowest BCUT2D eigenvalue weighted by molar-refractivity contribution is 0.976. The Labute approximate surface area is 94.3 Å². The lowest BCUT2D eigenvalue weighted by Gasteiger charge is -1.99. The number of rotatable bonds is 3. The molecular weight excluding hydrogens is 232 g/mol. The van der Waals surface area contributed by atoms with Crippen LogP contribution in [0.4, 0.5) is 5.95 Å². The molecule has 3 N–H and O–H groups in total. The summed E-state index contributed by atoms with van der Waals surface area (Å²) in [7, 11) is 0. The van der Waals surface area contributed by atoms with E-state index in [0.717, 1.165) is 14.4 Å². The average molecular weight is 240 g/mol. The van der Waals surface area contributed by atoms with Gasteiger partial charge < -0.3 is 0 Å². The highest BCUT2D eigenvalue weighted by Gasteiger charge is 2.05. The summed E-state index contributed by atoms with van der Waals surface area (Å²) < 4.78 is 0.856. The number of nitrogens with two attached hydrogens (primary N) is 1. The van der Waals surface area contributed by atoms with E-state index < -0.39 is 0 Å². The van der Waals surface area contributed by atoms with Crippen LogP contribution in [0.2, 0.25) is 0 Å². The van der Waals surface area contributed by atoms with Gasteiger partial charge in [-0.15, -0.1) is 10.2 Å². The maximum Gasteiger partial charge on any atom is 0.238 e. The van der Waals surface area contributed by atoms with Crippen LogP contribution >= 0.6 is 23.1 Å². The molecule has 2 aromatic heterocycles. The monoisotopic (exact) mass is 240 g/mol. The third-order valence-corrected chi connectivity index (χ3v) is 3.28. The van der Waals surface area contributed by atoms with Crippen LogP contribution < -0.4 is 11.3 Å². The van der Waals surface area contributed by atoms with E-state index in [1.165, 1.54) is 23.1 Å². The lowest BCUT2D eigenvalue weighted by Crippen LogP contribution is -2.10. The van der Waals surface area contributed by atoms with Crippen LogP contribution in [0, 0.1) is 6.92 Å². The molecule has 8 heteroatoms. The quantitative estimate of drug-likeness (QED) is 0.471. The number of nitrogens with one attached hydrogen (secondary N) is 1. The van der Waals surface area contributed by atoms with Crippen molar-refractivity contribution in [2.75, 3.05) is 5.43 Å². The first-order chi connectivity index (χ1) is 7.28. The Morgan fingerprint density at radius 3 is 3.00 bits per heavy atom. The van der Waals surface area contributed by atoms with Crippen molar-refractivity contribution in [1.29, 1.82) is 0 Å². The molecule has 2 rings (SSSR count). The summed E-state index contributed by atoms with van der Waals surface area (Å²) in [5.74, 6) is 5.60. The molecule has 78 valence electrons. The van der Waals surface area contributed by atoms with Gasteiger partial charge in [-0.2, -0.15) is 0 Å². The number of aromatic nitrogens is 4. The lowest BCUT2D eigenvalue weighted by atomic mass is 10.7. The number of hydrogen-bond acceptors (Lipinski definition) is 8. The summed E-state index contributed by atoms with van der Waals surface area (Å²) in [5.41, 5.74) is 2.39. The Kier molecular flexibility index (Phi) is 3.09. The maximum atomic E-state index is 5.21. The third kappa shape index (κ3) is 2.61. The predicted octanol–water partition coefficient (Wildman–Crippen LogP) is 1.07. The SMILES string of the molecule is Cc1nnc(Sc2ccnc(NN)n2)s1. The average Bonchev–Trinajstić information content (AvgIpc) is 2.64. The fourth-order valence-electron chi connectivity index (χ4n) is 0.878. The van der Waals surface area contributed by atoms with Gasteiger partial charge in [-0.3, -0.25) is 5.43 Å². The Balaban J connectivity index is 2.16. The number of anilines is 1. The van der Waals surface area contributed by atoms with Crippen molar-refractivity contribution in [1.82, 2.24) is 20.2 Å². The van der Waals surface area contributed by atoms with E-state index in [-0.39, 0.29) is 0 Å². The Bertz CT molecular complexity index is 456. The molecule has 2 aromatic rings. The zero-order valence-electron chi connectivity index (χ0n) is 7.84. The number of nitrogen functional groups attached to an aromatic ring is 1. The predicted molar refractivity (Wildman–Crippen MR) is 58.6 cm³/mol. The summed E-state index contributed by atoms with van der Waals surface area (Å²) in [5, 5.41) is 9.63. The van der Waals surface area contributed by atoms with Crippen molar-refractivity contribution in [3.05, 3.63) is 17.3 Å². The smallest absolute Gasteiger partial charge is 0.238 e. The second-order valence-electron chi connectivity index (χ2n) is 2.55. The minimum Gasteiger partial charge on any atom is -0.292 e. The van der Waals surface area contributed by atoms with Crippen molar-refractivity contribution in [2.24, 2.45) is 5.84 Å². The molecule has 0 aliphatic rings. The minimum atomic E-state index is 0.390. The fourth-order valence-corrected chi connectivity index (χ4v) is 2.60. The summed E-state index contributed by atoms with van der Waals surface area (Å²) in [4.78, 5) is 8.06. The van der Waals surface area contributed by atoms with E-state index in [4.69, 9.17) is 5.84 Å². The molecule has 0 aromatic carbocycles. The van der Waals surface area contributed by atoms with Gasteiger partial charge in [-0.1, -0.05) is 11.3 Å². The van der Waals surface area contributed by atoms with Gasteiger partial charge in [0.15, 0.2) is 4.34 Å². The van der Waals surface area contributed by atoms with Gasteiger partial charge in [0.25, 0.3) is 0 Å². The molecule has 0 aliphatic heterocycles. The first kappa shape index (κ1) is 10.3. The van der Waals surface area contributed by atoms with Crippen molar-refractivity contribution >= 4 is 29.0 Å². The molecule has 0 unspecified atom stereocenters. The minimum absolute atomic E-state index is 0.390. The highest BCUT2D eigenvalue weighted by Crippen LogP contribution is 2.28. The Hall–Kier alpha value is -1.25. The van der Waals surface area contributed by atoms with Crippen molar-refractivity contribution < 1.29 is 0 Å². The standard InChI is InChI=1S/C7H8N6S2/c1-4-12-13-7(14-4)15-5-2-3-9-6(10-5)11-8/h2-3H,8H2,1H3,(H,9,10,11). The van der Waals surface area contributed by atoms with Crippen molar-refractivity contribution in [2.45, 2.75) is 16.3 Å². The molecule has 0 saturated carbocycles. The molecule has 15 heavy (non-hydrogen) atoms. The maximum absolute atomic E-state index is 5.21. The molecule has 0 saturated heterocycles. The van der Waals surface area contributed by atoms with Crippen LogP contribution in [-0.2, 0) is 0 Å². The molecular formula is C7H8N6S2. The summed E-state index contributed by atoms with van der Waals surface area (Å²) >= 11 is 2.96. The van der Waals surface area contributed by atoms with Gasteiger partial charge in [0.1, 0.15) is 10.0 Å². The molecule has 0 aliphatic carbocycles. The van der Waals surface area contributed by atoms with Crippen LogP contribution in [0.15, 0.2) is 21.6 Å². The summed E-state index contributed by atoms with van der Waals surface area (Å²) in [6, 6.07) is 1.79. The van der Waals surface area contributed by atoms with Crippen molar-refractivity contribution in [3.63, 3.8) is 0 Å². The summed E-state index contributed by atoms with van der Waals surface area (Å²) in [6.45, 7) is 1.91. The Morgan fingerprint density at radius 1 is 1.47 bits per heavy atom.